The third kappa shape index (κ3) is 17.4. The minimum absolute atomic E-state index is 0.0101. The zero-order chi connectivity index (χ0) is 38.3. The smallest absolute Gasteiger partial charge is 0.490 e. The molecule has 19 heteroatoms. The number of aromatic hydroxyl groups is 1. The summed E-state index contributed by atoms with van der Waals surface area (Å²) in [4.78, 5) is 46.8. The lowest BCUT2D eigenvalue weighted by atomic mass is 9.96. The van der Waals surface area contributed by atoms with Crippen molar-refractivity contribution >= 4 is 39.4 Å². The van der Waals surface area contributed by atoms with E-state index in [2.05, 4.69) is 36.4 Å². The van der Waals surface area contributed by atoms with Crippen LogP contribution in [-0.2, 0) is 27.2 Å². The number of hydrogen-bond donors (Lipinski definition) is 6. The predicted octanol–water partition coefficient (Wildman–Crippen LogP) is 4.93. The number of phenols is 1. The molecule has 0 saturated heterocycles. The molecular formula is C31H39F7N4O7S. The van der Waals surface area contributed by atoms with Crippen molar-refractivity contribution in [1.82, 2.24) is 20.5 Å². The molecule has 0 aliphatic carbocycles. The zero-order valence-corrected chi connectivity index (χ0v) is 28.1. The van der Waals surface area contributed by atoms with E-state index in [1.807, 2.05) is 17.0 Å². The molecule has 2 aromatic carbocycles. The van der Waals surface area contributed by atoms with Gasteiger partial charge in [0.05, 0.1) is 4.70 Å². The van der Waals surface area contributed by atoms with Crippen LogP contribution in [0.3, 0.4) is 0 Å². The van der Waals surface area contributed by atoms with Crippen LogP contribution in [0.25, 0.3) is 10.2 Å². The largest absolute Gasteiger partial charge is 0.506 e. The van der Waals surface area contributed by atoms with E-state index in [0.29, 0.717) is 64.0 Å². The number of halogens is 7. The Kier molecular flexibility index (Phi) is 17.4. The Hall–Kier alpha value is -4.23. The summed E-state index contributed by atoms with van der Waals surface area (Å²) in [7, 11) is 0. The summed E-state index contributed by atoms with van der Waals surface area (Å²) in [5.74, 6) is -5.55. The van der Waals surface area contributed by atoms with Gasteiger partial charge in [-0.3, -0.25) is 9.59 Å². The molecule has 0 bridgehead atoms. The van der Waals surface area contributed by atoms with Crippen LogP contribution in [0.15, 0.2) is 41.2 Å². The van der Waals surface area contributed by atoms with E-state index in [0.717, 1.165) is 27.2 Å². The number of amides is 1. The van der Waals surface area contributed by atoms with Crippen molar-refractivity contribution in [2.75, 3.05) is 39.3 Å². The first-order valence-corrected chi connectivity index (χ1v) is 15.7. The Morgan fingerprint density at radius 2 is 1.42 bits per heavy atom. The fourth-order valence-electron chi connectivity index (χ4n) is 4.10. The second kappa shape index (κ2) is 19.8. The van der Waals surface area contributed by atoms with Crippen LogP contribution in [0.4, 0.5) is 30.7 Å². The second-order valence-corrected chi connectivity index (χ2v) is 12.8. The van der Waals surface area contributed by atoms with Gasteiger partial charge in [0.15, 0.2) is 0 Å². The topological polar surface area (TPSA) is 172 Å². The number of phenolic OH excluding ortho intramolecular Hbond substituents is 1. The summed E-state index contributed by atoms with van der Waals surface area (Å²) in [6, 6.07) is 10.0. The van der Waals surface area contributed by atoms with Crippen LogP contribution in [-0.4, -0.2) is 94.7 Å². The summed E-state index contributed by atoms with van der Waals surface area (Å²) in [6.45, 7) is 10.3. The molecule has 0 spiro atoms. The number of rotatable bonds is 13. The summed E-state index contributed by atoms with van der Waals surface area (Å²) in [6.07, 6.45) is -8.32. The molecule has 0 atom stereocenters. The molecule has 3 aromatic rings. The van der Waals surface area contributed by atoms with Gasteiger partial charge in [-0.05, 0) is 60.7 Å². The number of benzene rings is 2. The standard InChI is InChI=1S/C27H37FN4O3S.2C2HF3O2/c1-27(2,3)18-32(23(34)11-14-29-12-9-19-5-4-6-21(28)17-19)16-15-30-13-10-20-7-8-22(33)24-25(20)36-26(35)31-24;2*3-2(4,5)1(6)7/h4-8,17,29-30,33H,9-16,18H2,1-3H3,(H,31,35);2*(H,6,7). The van der Waals surface area contributed by atoms with Crippen LogP contribution in [0, 0.1) is 11.2 Å². The van der Waals surface area contributed by atoms with Crippen molar-refractivity contribution in [2.45, 2.75) is 52.4 Å². The van der Waals surface area contributed by atoms with Crippen molar-refractivity contribution in [3.05, 3.63) is 63.0 Å². The van der Waals surface area contributed by atoms with Crippen LogP contribution in [0.1, 0.15) is 38.3 Å². The van der Waals surface area contributed by atoms with Crippen LogP contribution in [0.2, 0.25) is 0 Å². The number of carbonyl (C=O) groups excluding carboxylic acids is 1. The molecule has 0 radical (unpaired) electrons. The number of alkyl halides is 6. The Morgan fingerprint density at radius 3 is 1.96 bits per heavy atom. The molecule has 0 fully saturated rings. The van der Waals surface area contributed by atoms with E-state index in [-0.39, 0.29) is 27.8 Å². The van der Waals surface area contributed by atoms with Gasteiger partial charge >= 0.3 is 29.2 Å². The van der Waals surface area contributed by atoms with Gasteiger partial charge < -0.3 is 35.8 Å². The number of nitrogens with one attached hydrogen (secondary N) is 3. The first-order valence-electron chi connectivity index (χ1n) is 14.9. The zero-order valence-electron chi connectivity index (χ0n) is 27.3. The second-order valence-electron chi connectivity index (χ2n) is 11.8. The third-order valence-electron chi connectivity index (χ3n) is 6.27. The van der Waals surface area contributed by atoms with Crippen LogP contribution >= 0.6 is 11.3 Å². The van der Waals surface area contributed by atoms with E-state index in [1.165, 1.54) is 12.1 Å². The van der Waals surface area contributed by atoms with Gasteiger partial charge in [0.25, 0.3) is 0 Å². The highest BCUT2D eigenvalue weighted by Gasteiger charge is 2.38. The number of aliphatic carboxylic acids is 2. The van der Waals surface area contributed by atoms with Crippen LogP contribution < -0.4 is 15.5 Å². The Balaban J connectivity index is 0.000000748. The fourth-order valence-corrected chi connectivity index (χ4v) is 5.00. The molecule has 0 aliphatic heterocycles. The van der Waals surface area contributed by atoms with Gasteiger partial charge in [-0.25, -0.2) is 14.0 Å². The minimum atomic E-state index is -5.08. The molecule has 0 aliphatic rings. The van der Waals surface area contributed by atoms with E-state index in [1.54, 1.807) is 12.1 Å². The van der Waals surface area contributed by atoms with Crippen molar-refractivity contribution in [2.24, 2.45) is 5.41 Å². The van der Waals surface area contributed by atoms with Gasteiger partial charge in [0.1, 0.15) is 17.1 Å². The number of nitrogens with zero attached hydrogens (tertiary/aromatic N) is 1. The average molecular weight is 745 g/mol. The molecule has 280 valence electrons. The molecule has 1 amide bonds. The normalized spacial score (nSPS) is 11.6. The molecule has 50 heavy (non-hydrogen) atoms. The van der Waals surface area contributed by atoms with Crippen molar-refractivity contribution < 1.29 is 60.4 Å². The maximum absolute atomic E-state index is 13.3. The highest BCUT2D eigenvalue weighted by molar-refractivity contribution is 7.16. The third-order valence-corrected chi connectivity index (χ3v) is 7.22. The first-order chi connectivity index (χ1) is 23.0. The molecule has 0 unspecified atom stereocenters. The summed E-state index contributed by atoms with van der Waals surface area (Å²) < 4.78 is 77.6. The number of carboxylic acids is 2. The summed E-state index contributed by atoms with van der Waals surface area (Å²) in [5.41, 5.74) is 2.43. The summed E-state index contributed by atoms with van der Waals surface area (Å²) >= 11 is 1.11. The van der Waals surface area contributed by atoms with Crippen LogP contribution in [0.5, 0.6) is 5.75 Å². The minimum Gasteiger partial charge on any atom is -0.506 e. The predicted molar refractivity (Wildman–Crippen MR) is 172 cm³/mol. The van der Waals surface area contributed by atoms with E-state index < -0.39 is 24.3 Å². The first kappa shape index (κ1) is 43.8. The lowest BCUT2D eigenvalue weighted by molar-refractivity contribution is -0.193. The molecule has 11 nitrogen and oxygen atoms in total. The van der Waals surface area contributed by atoms with Gasteiger partial charge in [-0.2, -0.15) is 26.3 Å². The molecule has 1 heterocycles. The molecule has 0 saturated carbocycles. The fraction of sp³-hybridized carbons (Fsp3) is 0.484. The Morgan fingerprint density at radius 1 is 0.860 bits per heavy atom. The van der Waals surface area contributed by atoms with Crippen molar-refractivity contribution in [1.29, 1.82) is 0 Å². The van der Waals surface area contributed by atoms with Gasteiger partial charge in [-0.15, -0.1) is 0 Å². The monoisotopic (exact) mass is 744 g/mol. The molecule has 3 rings (SSSR count). The number of carbonyl (C=O) groups is 3. The number of H-pyrrole nitrogens is 1. The van der Waals surface area contributed by atoms with Gasteiger partial charge in [0, 0.05) is 32.6 Å². The van der Waals surface area contributed by atoms with E-state index >= 15 is 0 Å². The number of aromatic nitrogens is 1. The number of hydrogen-bond acceptors (Lipinski definition) is 8. The van der Waals surface area contributed by atoms with Crippen molar-refractivity contribution in [3.8, 4) is 5.75 Å². The molecular weight excluding hydrogens is 705 g/mol. The van der Waals surface area contributed by atoms with Gasteiger partial charge in [-0.1, -0.05) is 50.3 Å². The lowest BCUT2D eigenvalue weighted by Crippen LogP contribution is -2.42. The maximum Gasteiger partial charge on any atom is 0.490 e. The highest BCUT2D eigenvalue weighted by atomic mass is 32.1. The van der Waals surface area contributed by atoms with Gasteiger partial charge in [0.2, 0.25) is 5.91 Å². The number of thiazole rings is 1. The maximum atomic E-state index is 13.3. The lowest BCUT2D eigenvalue weighted by Gasteiger charge is -2.30. The number of fused-ring (bicyclic) bond motifs is 1. The molecule has 6 N–H and O–H groups in total. The molecule has 1 aromatic heterocycles. The summed E-state index contributed by atoms with van der Waals surface area (Å²) in [5, 5.41) is 30.9. The van der Waals surface area contributed by atoms with E-state index in [4.69, 9.17) is 19.8 Å². The number of carboxylic acid groups (broad SMARTS) is 2. The van der Waals surface area contributed by atoms with E-state index in [9.17, 15) is 45.4 Å². The quantitative estimate of drug-likeness (QED) is 0.105. The SMILES string of the molecule is CC(C)(C)CN(CCNCCc1ccc(O)c2[nH]c(=O)sc12)C(=O)CCNCCc1cccc(F)c1.O=C(O)C(F)(F)F.O=C(O)C(F)(F)F. The highest BCUT2D eigenvalue weighted by Crippen LogP contribution is 2.28. The average Bonchev–Trinajstić information content (AvgIpc) is 3.38. The Bertz CT molecular complexity index is 1580. The van der Waals surface area contributed by atoms with Crippen molar-refractivity contribution in [3.63, 3.8) is 0 Å². The number of aromatic amines is 1. The Labute approximate surface area is 286 Å².